The lowest BCUT2D eigenvalue weighted by Crippen LogP contribution is -1.86. The minimum Gasteiger partial charge on any atom is -0.352 e. The Bertz CT molecular complexity index is 532. The van der Waals surface area contributed by atoms with Gasteiger partial charge in [-0.3, -0.25) is 4.98 Å². The number of aromatic nitrogens is 2. The first-order valence-electron chi connectivity index (χ1n) is 4.73. The first-order valence-corrected chi connectivity index (χ1v) is 4.73. The van der Waals surface area contributed by atoms with E-state index in [1.807, 2.05) is 32.3 Å². The van der Waals surface area contributed by atoms with E-state index >= 15 is 0 Å². The van der Waals surface area contributed by atoms with Crippen molar-refractivity contribution in [3.63, 3.8) is 0 Å². The minimum atomic E-state index is 0.572. The molecule has 0 aliphatic heterocycles. The standard InChI is InChI=1S/C12H11N3/c1-8-3-10(6-14-9(8)2)11-4-12(5-13)15-7-11/h3-4,6-7,15H,1-2H3. The van der Waals surface area contributed by atoms with Gasteiger partial charge in [0.25, 0.3) is 0 Å². The van der Waals surface area contributed by atoms with E-state index in [9.17, 15) is 0 Å². The van der Waals surface area contributed by atoms with Crippen molar-refractivity contribution in [3.05, 3.63) is 41.5 Å². The Balaban J connectivity index is 2.46. The molecule has 0 radical (unpaired) electrons. The van der Waals surface area contributed by atoms with E-state index < -0.39 is 0 Å². The summed E-state index contributed by atoms with van der Waals surface area (Å²) in [5.41, 5.74) is 4.81. The van der Waals surface area contributed by atoms with Gasteiger partial charge in [0.05, 0.1) is 0 Å². The summed E-state index contributed by atoms with van der Waals surface area (Å²) in [4.78, 5) is 7.19. The molecule has 0 fully saturated rings. The second-order valence-corrected chi connectivity index (χ2v) is 3.54. The van der Waals surface area contributed by atoms with E-state index in [0.29, 0.717) is 5.69 Å². The zero-order valence-corrected chi connectivity index (χ0v) is 8.70. The van der Waals surface area contributed by atoms with Gasteiger partial charge >= 0.3 is 0 Å². The maximum absolute atomic E-state index is 8.70. The van der Waals surface area contributed by atoms with Crippen LogP contribution in [0.15, 0.2) is 24.5 Å². The van der Waals surface area contributed by atoms with Crippen LogP contribution in [-0.4, -0.2) is 9.97 Å². The van der Waals surface area contributed by atoms with E-state index in [1.165, 1.54) is 0 Å². The molecule has 74 valence electrons. The van der Waals surface area contributed by atoms with Crippen LogP contribution in [0.1, 0.15) is 17.0 Å². The van der Waals surface area contributed by atoms with E-state index in [1.54, 1.807) is 0 Å². The van der Waals surface area contributed by atoms with Crippen LogP contribution in [0.3, 0.4) is 0 Å². The molecule has 0 spiro atoms. The molecule has 0 bridgehead atoms. The quantitative estimate of drug-likeness (QED) is 0.763. The van der Waals surface area contributed by atoms with Crippen molar-refractivity contribution in [2.45, 2.75) is 13.8 Å². The summed E-state index contributed by atoms with van der Waals surface area (Å²) in [6.45, 7) is 4.01. The fourth-order valence-electron chi connectivity index (χ4n) is 1.43. The van der Waals surface area contributed by atoms with Crippen molar-refractivity contribution in [1.29, 1.82) is 5.26 Å². The van der Waals surface area contributed by atoms with Crippen LogP contribution in [0.4, 0.5) is 0 Å². The second-order valence-electron chi connectivity index (χ2n) is 3.54. The molecule has 3 nitrogen and oxygen atoms in total. The Morgan fingerprint density at radius 3 is 2.67 bits per heavy atom. The highest BCUT2D eigenvalue weighted by Crippen LogP contribution is 2.21. The molecule has 2 rings (SSSR count). The van der Waals surface area contributed by atoms with Crippen LogP contribution in [0.2, 0.25) is 0 Å². The third-order valence-corrected chi connectivity index (χ3v) is 2.48. The van der Waals surface area contributed by atoms with E-state index in [2.05, 4.69) is 22.1 Å². The Morgan fingerprint density at radius 2 is 2.07 bits per heavy atom. The smallest absolute Gasteiger partial charge is 0.118 e. The van der Waals surface area contributed by atoms with Gasteiger partial charge in [-0.05, 0) is 31.5 Å². The van der Waals surface area contributed by atoms with Gasteiger partial charge < -0.3 is 4.98 Å². The van der Waals surface area contributed by atoms with Crippen molar-refractivity contribution < 1.29 is 0 Å². The molecule has 0 saturated heterocycles. The summed E-state index contributed by atoms with van der Waals surface area (Å²) >= 11 is 0. The van der Waals surface area contributed by atoms with Crippen molar-refractivity contribution in [3.8, 4) is 17.2 Å². The Labute approximate surface area is 88.4 Å². The topological polar surface area (TPSA) is 52.5 Å². The van der Waals surface area contributed by atoms with E-state index in [0.717, 1.165) is 22.4 Å². The number of H-pyrrole nitrogens is 1. The highest BCUT2D eigenvalue weighted by atomic mass is 14.7. The lowest BCUT2D eigenvalue weighted by molar-refractivity contribution is 1.15. The minimum absolute atomic E-state index is 0.572. The molecule has 0 saturated carbocycles. The fourth-order valence-corrected chi connectivity index (χ4v) is 1.43. The van der Waals surface area contributed by atoms with Gasteiger partial charge in [-0.25, -0.2) is 0 Å². The Morgan fingerprint density at radius 1 is 1.27 bits per heavy atom. The Hall–Kier alpha value is -2.08. The van der Waals surface area contributed by atoms with Crippen molar-refractivity contribution in [1.82, 2.24) is 9.97 Å². The molecule has 15 heavy (non-hydrogen) atoms. The van der Waals surface area contributed by atoms with Gasteiger partial charge in [0.2, 0.25) is 0 Å². The molecular formula is C12H11N3. The summed E-state index contributed by atoms with van der Waals surface area (Å²) < 4.78 is 0. The predicted molar refractivity (Wildman–Crippen MR) is 58.2 cm³/mol. The van der Waals surface area contributed by atoms with Crippen LogP contribution in [-0.2, 0) is 0 Å². The number of nitriles is 1. The van der Waals surface area contributed by atoms with Crippen LogP contribution in [0.5, 0.6) is 0 Å². The molecule has 2 aromatic rings. The molecule has 0 amide bonds. The number of hydrogen-bond donors (Lipinski definition) is 1. The van der Waals surface area contributed by atoms with Gasteiger partial charge in [-0.15, -0.1) is 0 Å². The molecule has 3 heteroatoms. The Kier molecular flexibility index (Phi) is 2.26. The fraction of sp³-hybridized carbons (Fsp3) is 0.167. The maximum Gasteiger partial charge on any atom is 0.118 e. The van der Waals surface area contributed by atoms with Crippen molar-refractivity contribution in [2.75, 3.05) is 0 Å². The number of pyridine rings is 1. The summed E-state index contributed by atoms with van der Waals surface area (Å²) in [6.07, 6.45) is 3.65. The molecular weight excluding hydrogens is 186 g/mol. The van der Waals surface area contributed by atoms with Gasteiger partial charge in [0, 0.05) is 29.2 Å². The molecule has 2 heterocycles. The molecule has 0 aromatic carbocycles. The van der Waals surface area contributed by atoms with Crippen LogP contribution >= 0.6 is 0 Å². The van der Waals surface area contributed by atoms with Crippen molar-refractivity contribution in [2.24, 2.45) is 0 Å². The predicted octanol–water partition coefficient (Wildman–Crippen LogP) is 2.57. The van der Waals surface area contributed by atoms with Crippen LogP contribution in [0.25, 0.3) is 11.1 Å². The summed E-state index contributed by atoms with van der Waals surface area (Å²) in [6, 6.07) is 5.97. The molecule has 0 aliphatic carbocycles. The van der Waals surface area contributed by atoms with Gasteiger partial charge in [-0.2, -0.15) is 5.26 Å². The third kappa shape index (κ3) is 1.75. The lowest BCUT2D eigenvalue weighted by Gasteiger charge is -2.01. The average Bonchev–Trinajstić information content (AvgIpc) is 2.70. The average molecular weight is 197 g/mol. The van der Waals surface area contributed by atoms with Crippen LogP contribution in [0, 0.1) is 25.2 Å². The number of aromatic amines is 1. The number of hydrogen-bond acceptors (Lipinski definition) is 2. The SMILES string of the molecule is Cc1cc(-c2c[nH]c(C#N)c2)cnc1C. The first kappa shape index (κ1) is 9.47. The van der Waals surface area contributed by atoms with E-state index in [4.69, 9.17) is 5.26 Å². The first-order chi connectivity index (χ1) is 7.20. The number of nitrogens with zero attached hydrogens (tertiary/aromatic N) is 2. The molecule has 0 aliphatic rings. The lowest BCUT2D eigenvalue weighted by atomic mass is 10.1. The monoisotopic (exact) mass is 197 g/mol. The molecule has 0 atom stereocenters. The normalized spacial score (nSPS) is 9.93. The van der Waals surface area contributed by atoms with Gasteiger partial charge in [-0.1, -0.05) is 0 Å². The highest BCUT2D eigenvalue weighted by molar-refractivity contribution is 5.64. The molecule has 2 aromatic heterocycles. The second kappa shape index (κ2) is 3.58. The summed E-state index contributed by atoms with van der Waals surface area (Å²) in [5.74, 6) is 0. The number of nitrogens with one attached hydrogen (secondary N) is 1. The summed E-state index contributed by atoms with van der Waals surface area (Å²) in [5, 5.41) is 8.70. The summed E-state index contributed by atoms with van der Waals surface area (Å²) in [7, 11) is 0. The van der Waals surface area contributed by atoms with Crippen molar-refractivity contribution >= 4 is 0 Å². The number of rotatable bonds is 1. The zero-order chi connectivity index (χ0) is 10.8. The van der Waals surface area contributed by atoms with Crippen LogP contribution < -0.4 is 0 Å². The number of aryl methyl sites for hydroxylation is 2. The maximum atomic E-state index is 8.70. The van der Waals surface area contributed by atoms with Gasteiger partial charge in [0.1, 0.15) is 11.8 Å². The largest absolute Gasteiger partial charge is 0.352 e. The van der Waals surface area contributed by atoms with Gasteiger partial charge in [0.15, 0.2) is 0 Å². The highest BCUT2D eigenvalue weighted by Gasteiger charge is 2.03. The third-order valence-electron chi connectivity index (χ3n) is 2.48. The van der Waals surface area contributed by atoms with E-state index in [-0.39, 0.29) is 0 Å². The molecule has 0 unspecified atom stereocenters. The zero-order valence-electron chi connectivity index (χ0n) is 8.70. The molecule has 1 N–H and O–H groups in total.